The number of nitrogens with zero attached hydrogens (tertiary/aromatic N) is 1. The highest BCUT2D eigenvalue weighted by molar-refractivity contribution is 5.89. The van der Waals surface area contributed by atoms with Gasteiger partial charge in [-0.15, -0.1) is 0 Å². The Labute approximate surface area is 106 Å². The first-order valence-corrected chi connectivity index (χ1v) is 5.57. The predicted octanol–water partition coefficient (Wildman–Crippen LogP) is 1.89. The average Bonchev–Trinajstić information content (AvgIpc) is 2.29. The summed E-state index contributed by atoms with van der Waals surface area (Å²) in [5.74, 6) is 0.373. The molecule has 18 heavy (non-hydrogen) atoms. The fraction of sp³-hybridized carbons (Fsp3) is 0.333. The molecular formula is C12H17N3O3. The van der Waals surface area contributed by atoms with Crippen LogP contribution in [0.15, 0.2) is 24.3 Å². The standard InChI is InChI=1S/C12H17N3O3/c1-4-13-12(17)18-10-7-5-6-9(8-10)14-11(16)15(2)3/h5-8H,4H2,1-3H3,(H,13,17)(H,14,16). The van der Waals surface area contributed by atoms with Crippen molar-refractivity contribution >= 4 is 17.8 Å². The highest BCUT2D eigenvalue weighted by Gasteiger charge is 2.06. The van der Waals surface area contributed by atoms with Crippen LogP contribution in [0.3, 0.4) is 0 Å². The Morgan fingerprint density at radius 3 is 2.67 bits per heavy atom. The summed E-state index contributed by atoms with van der Waals surface area (Å²) in [5, 5.41) is 5.18. The molecule has 1 aromatic carbocycles. The van der Waals surface area contributed by atoms with Gasteiger partial charge < -0.3 is 20.3 Å². The normalized spacial score (nSPS) is 9.50. The highest BCUT2D eigenvalue weighted by atomic mass is 16.6. The van der Waals surface area contributed by atoms with Crippen LogP contribution >= 0.6 is 0 Å². The molecule has 1 rings (SSSR count). The topological polar surface area (TPSA) is 70.7 Å². The van der Waals surface area contributed by atoms with E-state index >= 15 is 0 Å². The average molecular weight is 251 g/mol. The van der Waals surface area contributed by atoms with Gasteiger partial charge in [-0.2, -0.15) is 0 Å². The van der Waals surface area contributed by atoms with Crippen molar-refractivity contribution in [1.82, 2.24) is 10.2 Å². The number of urea groups is 1. The monoisotopic (exact) mass is 251 g/mol. The maximum atomic E-state index is 11.4. The number of ether oxygens (including phenoxy) is 1. The van der Waals surface area contributed by atoms with Crippen LogP contribution in [0.1, 0.15) is 6.92 Å². The summed E-state index contributed by atoms with van der Waals surface area (Å²) in [5.41, 5.74) is 0.565. The summed E-state index contributed by atoms with van der Waals surface area (Å²) in [7, 11) is 3.29. The number of nitrogens with one attached hydrogen (secondary N) is 2. The van der Waals surface area contributed by atoms with E-state index in [-0.39, 0.29) is 6.03 Å². The van der Waals surface area contributed by atoms with Crippen molar-refractivity contribution in [2.45, 2.75) is 6.92 Å². The van der Waals surface area contributed by atoms with E-state index in [2.05, 4.69) is 10.6 Å². The zero-order valence-corrected chi connectivity index (χ0v) is 10.7. The molecule has 2 N–H and O–H groups in total. The third-order valence-corrected chi connectivity index (χ3v) is 2.02. The highest BCUT2D eigenvalue weighted by Crippen LogP contribution is 2.17. The van der Waals surface area contributed by atoms with Gasteiger partial charge in [-0.25, -0.2) is 9.59 Å². The summed E-state index contributed by atoms with van der Waals surface area (Å²) < 4.78 is 5.02. The van der Waals surface area contributed by atoms with Crippen LogP contribution in [0.25, 0.3) is 0 Å². The molecule has 0 aliphatic carbocycles. The van der Waals surface area contributed by atoms with Gasteiger partial charge >= 0.3 is 12.1 Å². The summed E-state index contributed by atoms with van der Waals surface area (Å²) in [6.07, 6.45) is -0.520. The van der Waals surface area contributed by atoms with E-state index in [1.807, 2.05) is 0 Å². The molecule has 0 radical (unpaired) electrons. The molecule has 6 nitrogen and oxygen atoms in total. The lowest BCUT2D eigenvalue weighted by Gasteiger charge is -2.12. The molecule has 98 valence electrons. The second-order valence-corrected chi connectivity index (χ2v) is 3.77. The third kappa shape index (κ3) is 4.32. The minimum atomic E-state index is -0.520. The fourth-order valence-corrected chi connectivity index (χ4v) is 1.16. The van der Waals surface area contributed by atoms with Crippen LogP contribution in [0.5, 0.6) is 5.75 Å². The molecule has 0 aliphatic heterocycles. The van der Waals surface area contributed by atoms with Gasteiger partial charge in [0.15, 0.2) is 0 Å². The predicted molar refractivity (Wildman–Crippen MR) is 68.8 cm³/mol. The summed E-state index contributed by atoms with van der Waals surface area (Å²) in [6.45, 7) is 2.30. The number of carbonyl (C=O) groups excluding carboxylic acids is 2. The van der Waals surface area contributed by atoms with Crippen LogP contribution in [-0.2, 0) is 0 Å². The molecule has 0 aliphatic rings. The Balaban J connectivity index is 2.67. The first-order chi connectivity index (χ1) is 8.52. The second kappa shape index (κ2) is 6.48. The van der Waals surface area contributed by atoms with Crippen molar-refractivity contribution in [1.29, 1.82) is 0 Å². The van der Waals surface area contributed by atoms with Crippen molar-refractivity contribution in [3.8, 4) is 5.75 Å². The Hall–Kier alpha value is -2.24. The molecule has 0 aromatic heterocycles. The molecule has 6 heteroatoms. The van der Waals surface area contributed by atoms with Gasteiger partial charge in [0.25, 0.3) is 0 Å². The van der Waals surface area contributed by atoms with E-state index in [0.717, 1.165) is 0 Å². The molecule has 0 atom stereocenters. The Morgan fingerprint density at radius 2 is 2.06 bits per heavy atom. The molecular weight excluding hydrogens is 234 g/mol. The SMILES string of the molecule is CCNC(=O)Oc1cccc(NC(=O)N(C)C)c1. The fourth-order valence-electron chi connectivity index (χ4n) is 1.16. The lowest BCUT2D eigenvalue weighted by atomic mass is 10.3. The number of hydrogen-bond donors (Lipinski definition) is 2. The van der Waals surface area contributed by atoms with Crippen molar-refractivity contribution < 1.29 is 14.3 Å². The van der Waals surface area contributed by atoms with Crippen molar-refractivity contribution in [2.24, 2.45) is 0 Å². The van der Waals surface area contributed by atoms with E-state index in [1.165, 1.54) is 4.90 Å². The molecule has 0 fully saturated rings. The summed E-state index contributed by atoms with van der Waals surface area (Å²) in [4.78, 5) is 24.1. The van der Waals surface area contributed by atoms with Crippen molar-refractivity contribution in [3.05, 3.63) is 24.3 Å². The van der Waals surface area contributed by atoms with E-state index in [9.17, 15) is 9.59 Å². The maximum absolute atomic E-state index is 11.4. The van der Waals surface area contributed by atoms with Crippen molar-refractivity contribution in [3.63, 3.8) is 0 Å². The lowest BCUT2D eigenvalue weighted by Crippen LogP contribution is -2.27. The van der Waals surface area contributed by atoms with Crippen molar-refractivity contribution in [2.75, 3.05) is 26.0 Å². The van der Waals surface area contributed by atoms with Crippen LogP contribution < -0.4 is 15.4 Å². The van der Waals surface area contributed by atoms with E-state index in [0.29, 0.717) is 18.0 Å². The summed E-state index contributed by atoms with van der Waals surface area (Å²) in [6, 6.07) is 6.38. The molecule has 0 unspecified atom stereocenters. The maximum Gasteiger partial charge on any atom is 0.412 e. The van der Waals surface area contributed by atoms with Gasteiger partial charge in [0.2, 0.25) is 0 Å². The Morgan fingerprint density at radius 1 is 1.33 bits per heavy atom. The minimum Gasteiger partial charge on any atom is -0.410 e. The molecule has 0 spiro atoms. The van der Waals surface area contributed by atoms with Crippen LogP contribution in [0, 0.1) is 0 Å². The molecule has 1 aromatic rings. The largest absolute Gasteiger partial charge is 0.412 e. The number of anilines is 1. The molecule has 0 saturated heterocycles. The van der Waals surface area contributed by atoms with Gasteiger partial charge in [0, 0.05) is 32.4 Å². The lowest BCUT2D eigenvalue weighted by molar-refractivity contribution is 0.201. The van der Waals surface area contributed by atoms with Gasteiger partial charge in [-0.05, 0) is 19.1 Å². The van der Waals surface area contributed by atoms with Crippen LogP contribution in [0.2, 0.25) is 0 Å². The molecule has 0 saturated carbocycles. The van der Waals surface area contributed by atoms with Gasteiger partial charge in [-0.3, -0.25) is 0 Å². The Kier molecular flexibility index (Phi) is 4.98. The van der Waals surface area contributed by atoms with Crippen LogP contribution in [0.4, 0.5) is 15.3 Å². The zero-order valence-electron chi connectivity index (χ0n) is 10.7. The third-order valence-electron chi connectivity index (χ3n) is 2.02. The molecule has 0 bridgehead atoms. The van der Waals surface area contributed by atoms with Gasteiger partial charge in [0.1, 0.15) is 5.75 Å². The van der Waals surface area contributed by atoms with E-state index in [4.69, 9.17) is 4.74 Å². The van der Waals surface area contributed by atoms with Gasteiger partial charge in [-0.1, -0.05) is 6.07 Å². The summed E-state index contributed by atoms with van der Waals surface area (Å²) >= 11 is 0. The van der Waals surface area contributed by atoms with Crippen LogP contribution in [-0.4, -0.2) is 37.7 Å². The first-order valence-electron chi connectivity index (χ1n) is 5.57. The number of carbonyl (C=O) groups is 2. The zero-order chi connectivity index (χ0) is 13.5. The van der Waals surface area contributed by atoms with E-state index in [1.54, 1.807) is 45.3 Å². The number of benzene rings is 1. The van der Waals surface area contributed by atoms with Gasteiger partial charge in [0.05, 0.1) is 0 Å². The van der Waals surface area contributed by atoms with E-state index < -0.39 is 6.09 Å². The number of rotatable bonds is 3. The second-order valence-electron chi connectivity index (χ2n) is 3.77. The number of amides is 3. The quantitative estimate of drug-likeness (QED) is 0.861. The smallest absolute Gasteiger partial charge is 0.410 e. The molecule has 3 amide bonds. The first kappa shape index (κ1) is 13.8. The Bertz CT molecular complexity index is 432. The minimum absolute atomic E-state index is 0.245. The molecule has 0 heterocycles. The number of hydrogen-bond acceptors (Lipinski definition) is 3.